The standard InChI is InChI=1S/C20H22N2O3/c1-14-7-8-17(25-14)18(23)22-11-9-20(10-12-22)16(13-21-19(20)24)15-5-3-2-4-6-15/h2-8,16H,9-13H2,1H3,(H,21,24). The van der Waals surface area contributed by atoms with Crippen LogP contribution in [0, 0.1) is 12.3 Å². The fourth-order valence-corrected chi connectivity index (χ4v) is 4.24. The van der Waals surface area contributed by atoms with E-state index in [9.17, 15) is 9.59 Å². The molecule has 0 radical (unpaired) electrons. The van der Waals surface area contributed by atoms with E-state index in [1.165, 1.54) is 5.56 Å². The maximum absolute atomic E-state index is 12.7. The summed E-state index contributed by atoms with van der Waals surface area (Å²) in [4.78, 5) is 27.0. The maximum Gasteiger partial charge on any atom is 0.289 e. The van der Waals surface area contributed by atoms with Crippen LogP contribution >= 0.6 is 0 Å². The van der Waals surface area contributed by atoms with Crippen LogP contribution in [0.25, 0.3) is 0 Å². The second-order valence-corrected chi connectivity index (χ2v) is 7.03. The Balaban J connectivity index is 1.53. The molecule has 2 aliphatic rings. The Morgan fingerprint density at radius 3 is 2.52 bits per heavy atom. The van der Waals surface area contributed by atoms with Gasteiger partial charge in [0.1, 0.15) is 5.76 Å². The quantitative estimate of drug-likeness (QED) is 0.916. The zero-order chi connectivity index (χ0) is 17.4. The molecule has 1 atom stereocenters. The Morgan fingerprint density at radius 1 is 1.16 bits per heavy atom. The van der Waals surface area contributed by atoms with Crippen molar-refractivity contribution >= 4 is 11.8 Å². The number of piperidine rings is 1. The molecule has 5 nitrogen and oxygen atoms in total. The molecule has 2 saturated heterocycles. The highest BCUT2D eigenvalue weighted by molar-refractivity contribution is 5.92. The first kappa shape index (κ1) is 15.9. The summed E-state index contributed by atoms with van der Waals surface area (Å²) in [6.07, 6.45) is 1.37. The van der Waals surface area contributed by atoms with Crippen LogP contribution in [0.15, 0.2) is 46.9 Å². The lowest BCUT2D eigenvalue weighted by Crippen LogP contribution is -2.47. The predicted octanol–water partition coefficient (Wildman–Crippen LogP) is 2.72. The molecule has 0 bridgehead atoms. The summed E-state index contributed by atoms with van der Waals surface area (Å²) in [5, 5.41) is 3.05. The van der Waals surface area contributed by atoms with Gasteiger partial charge in [-0.2, -0.15) is 0 Å². The van der Waals surface area contributed by atoms with E-state index in [0.717, 1.165) is 5.76 Å². The Bertz CT molecular complexity index is 788. The van der Waals surface area contributed by atoms with Crippen molar-refractivity contribution in [2.24, 2.45) is 5.41 Å². The number of nitrogens with one attached hydrogen (secondary N) is 1. The fourth-order valence-electron chi connectivity index (χ4n) is 4.24. The molecule has 1 aromatic carbocycles. The summed E-state index contributed by atoms with van der Waals surface area (Å²) < 4.78 is 5.46. The average molecular weight is 338 g/mol. The van der Waals surface area contributed by atoms with Gasteiger partial charge in [-0.15, -0.1) is 0 Å². The normalized spacial score (nSPS) is 22.2. The van der Waals surface area contributed by atoms with Gasteiger partial charge in [0.05, 0.1) is 5.41 Å². The number of furan rings is 1. The van der Waals surface area contributed by atoms with E-state index in [-0.39, 0.29) is 17.7 Å². The van der Waals surface area contributed by atoms with Crippen LogP contribution in [0.2, 0.25) is 0 Å². The van der Waals surface area contributed by atoms with Crippen molar-refractivity contribution in [3.63, 3.8) is 0 Å². The smallest absolute Gasteiger partial charge is 0.289 e. The first-order valence-corrected chi connectivity index (χ1v) is 8.79. The molecule has 25 heavy (non-hydrogen) atoms. The molecular weight excluding hydrogens is 316 g/mol. The lowest BCUT2D eigenvalue weighted by Gasteiger charge is -2.40. The van der Waals surface area contributed by atoms with Gasteiger partial charge in [-0.05, 0) is 37.5 Å². The zero-order valence-corrected chi connectivity index (χ0v) is 14.3. The third kappa shape index (κ3) is 2.64. The van der Waals surface area contributed by atoms with Gasteiger partial charge in [-0.25, -0.2) is 0 Å². The summed E-state index contributed by atoms with van der Waals surface area (Å²) >= 11 is 0. The highest BCUT2D eigenvalue weighted by Crippen LogP contribution is 2.47. The van der Waals surface area contributed by atoms with Gasteiger partial charge in [0.15, 0.2) is 5.76 Å². The molecule has 1 spiro atoms. The fraction of sp³-hybridized carbons (Fsp3) is 0.400. The number of amides is 2. The van der Waals surface area contributed by atoms with Crippen molar-refractivity contribution in [2.75, 3.05) is 19.6 Å². The Kier molecular flexibility index (Phi) is 3.86. The molecular formula is C20H22N2O3. The van der Waals surface area contributed by atoms with Crippen LogP contribution in [0.4, 0.5) is 0 Å². The van der Waals surface area contributed by atoms with Crippen LogP contribution in [-0.4, -0.2) is 36.3 Å². The molecule has 5 heteroatoms. The number of hydrogen-bond donors (Lipinski definition) is 1. The number of aryl methyl sites for hydroxylation is 1. The molecule has 2 fully saturated rings. The predicted molar refractivity (Wildman–Crippen MR) is 93.2 cm³/mol. The van der Waals surface area contributed by atoms with Crippen molar-refractivity contribution < 1.29 is 14.0 Å². The number of carbonyl (C=O) groups is 2. The van der Waals surface area contributed by atoms with Gasteiger partial charge in [0, 0.05) is 25.6 Å². The number of benzene rings is 1. The molecule has 1 aromatic heterocycles. The lowest BCUT2D eigenvalue weighted by molar-refractivity contribution is -0.130. The third-order valence-electron chi connectivity index (χ3n) is 5.68. The van der Waals surface area contributed by atoms with E-state index in [1.807, 2.05) is 25.1 Å². The van der Waals surface area contributed by atoms with Crippen LogP contribution in [0.1, 0.15) is 40.6 Å². The first-order chi connectivity index (χ1) is 12.1. The highest BCUT2D eigenvalue weighted by atomic mass is 16.3. The number of nitrogens with zero attached hydrogens (tertiary/aromatic N) is 1. The zero-order valence-electron chi connectivity index (χ0n) is 14.3. The number of carbonyl (C=O) groups excluding carboxylic acids is 2. The van der Waals surface area contributed by atoms with Gasteiger partial charge in [-0.1, -0.05) is 30.3 Å². The Morgan fingerprint density at radius 2 is 1.88 bits per heavy atom. The minimum Gasteiger partial charge on any atom is -0.456 e. The molecule has 1 N–H and O–H groups in total. The minimum atomic E-state index is -0.406. The molecule has 130 valence electrons. The van der Waals surface area contributed by atoms with Crippen LogP contribution in [-0.2, 0) is 4.79 Å². The van der Waals surface area contributed by atoms with E-state index in [1.54, 1.807) is 17.0 Å². The van der Waals surface area contributed by atoms with Crippen LogP contribution in [0.5, 0.6) is 0 Å². The molecule has 2 aromatic rings. The van der Waals surface area contributed by atoms with Gasteiger partial charge < -0.3 is 14.6 Å². The van der Waals surface area contributed by atoms with Gasteiger partial charge in [-0.3, -0.25) is 9.59 Å². The summed E-state index contributed by atoms with van der Waals surface area (Å²) in [6.45, 7) is 3.66. The minimum absolute atomic E-state index is 0.0855. The molecule has 3 heterocycles. The van der Waals surface area contributed by atoms with Crippen molar-refractivity contribution in [1.29, 1.82) is 0 Å². The average Bonchev–Trinajstić information content (AvgIpc) is 3.21. The van der Waals surface area contributed by atoms with Crippen molar-refractivity contribution in [2.45, 2.75) is 25.7 Å². The van der Waals surface area contributed by atoms with E-state index >= 15 is 0 Å². The van der Waals surface area contributed by atoms with Crippen LogP contribution < -0.4 is 5.32 Å². The summed E-state index contributed by atoms with van der Waals surface area (Å²) in [5.74, 6) is 1.32. The SMILES string of the molecule is Cc1ccc(C(=O)N2CCC3(CC2)C(=O)NCC3c2ccccc2)o1. The van der Waals surface area contributed by atoms with Crippen molar-refractivity contribution in [3.8, 4) is 0 Å². The first-order valence-electron chi connectivity index (χ1n) is 8.79. The van der Waals surface area contributed by atoms with E-state index in [2.05, 4.69) is 17.4 Å². The van der Waals surface area contributed by atoms with Crippen molar-refractivity contribution in [1.82, 2.24) is 10.2 Å². The van der Waals surface area contributed by atoms with E-state index < -0.39 is 5.41 Å². The number of likely N-dealkylation sites (tertiary alicyclic amines) is 1. The topological polar surface area (TPSA) is 62.6 Å². The van der Waals surface area contributed by atoms with Gasteiger partial charge in [0.2, 0.25) is 5.91 Å². The lowest BCUT2D eigenvalue weighted by atomic mass is 9.68. The number of rotatable bonds is 2. The van der Waals surface area contributed by atoms with Crippen molar-refractivity contribution in [3.05, 3.63) is 59.5 Å². The molecule has 0 aliphatic carbocycles. The third-order valence-corrected chi connectivity index (χ3v) is 5.68. The van der Waals surface area contributed by atoms with E-state index in [4.69, 9.17) is 4.42 Å². The number of hydrogen-bond acceptors (Lipinski definition) is 3. The molecule has 4 rings (SSSR count). The highest BCUT2D eigenvalue weighted by Gasteiger charge is 2.52. The maximum atomic E-state index is 12.7. The Labute approximate surface area is 147 Å². The summed E-state index contributed by atoms with van der Waals surface area (Å²) in [7, 11) is 0. The largest absolute Gasteiger partial charge is 0.456 e. The Hall–Kier alpha value is -2.56. The van der Waals surface area contributed by atoms with Gasteiger partial charge >= 0.3 is 0 Å². The van der Waals surface area contributed by atoms with E-state index in [0.29, 0.717) is 38.2 Å². The summed E-state index contributed by atoms with van der Waals surface area (Å²) in [6, 6.07) is 13.7. The molecule has 0 saturated carbocycles. The molecule has 1 unspecified atom stereocenters. The second kappa shape index (κ2) is 6.06. The molecule has 2 amide bonds. The molecule has 2 aliphatic heterocycles. The van der Waals surface area contributed by atoms with Crippen LogP contribution in [0.3, 0.4) is 0 Å². The summed E-state index contributed by atoms with van der Waals surface area (Å²) in [5.41, 5.74) is 0.791. The monoisotopic (exact) mass is 338 g/mol. The van der Waals surface area contributed by atoms with Gasteiger partial charge in [0.25, 0.3) is 5.91 Å². The second-order valence-electron chi connectivity index (χ2n) is 7.03.